The fourth-order valence-corrected chi connectivity index (χ4v) is 5.12. The second-order valence-electron chi connectivity index (χ2n) is 9.94. The van der Waals surface area contributed by atoms with Gasteiger partial charge in [0, 0.05) is 49.3 Å². The van der Waals surface area contributed by atoms with E-state index in [2.05, 4.69) is 9.88 Å². The zero-order valence-electron chi connectivity index (χ0n) is 24.0. The third kappa shape index (κ3) is 6.00. The Hall–Kier alpha value is -5.05. The van der Waals surface area contributed by atoms with Crippen LogP contribution in [0.1, 0.15) is 33.3 Å². The monoisotopic (exact) mass is 566 g/mol. The lowest BCUT2D eigenvalue weighted by molar-refractivity contribution is 0.0526. The number of amides is 3. The Morgan fingerprint density at radius 3 is 2.19 bits per heavy atom. The Labute approximate surface area is 245 Å². The van der Waals surface area contributed by atoms with E-state index in [4.69, 9.17) is 9.47 Å². The lowest BCUT2D eigenvalue weighted by Crippen LogP contribution is -2.51. The second-order valence-corrected chi connectivity index (χ2v) is 9.94. The van der Waals surface area contributed by atoms with E-state index in [1.165, 1.54) is 0 Å². The molecule has 4 aromatic rings. The number of hydrogen-bond acceptors (Lipinski definition) is 5. The van der Waals surface area contributed by atoms with Gasteiger partial charge in [-0.3, -0.25) is 4.79 Å². The molecule has 216 valence electrons. The molecule has 0 saturated carbocycles. The Balaban J connectivity index is 1.29. The molecule has 42 heavy (non-hydrogen) atoms. The summed E-state index contributed by atoms with van der Waals surface area (Å²) >= 11 is 0. The van der Waals surface area contributed by atoms with Gasteiger partial charge in [0.05, 0.1) is 30.5 Å². The van der Waals surface area contributed by atoms with Crippen molar-refractivity contribution >= 4 is 23.6 Å². The molecular weight excluding hydrogens is 532 g/mol. The van der Waals surface area contributed by atoms with Gasteiger partial charge in [-0.2, -0.15) is 0 Å². The van der Waals surface area contributed by atoms with Crippen molar-refractivity contribution in [1.82, 2.24) is 14.4 Å². The summed E-state index contributed by atoms with van der Waals surface area (Å²) in [4.78, 5) is 42.1. The standard InChI is InChI=1S/C33H34N4O5/c1-4-42-32(39)25-13-15-26(16-14-25)34-33(40)36-19-17-35(18-20-36)31(38)29-22-30(24-9-6-5-7-10-24)37(23(29)2)27-11-8-12-28(21-27)41-3/h5-16,21-22H,4,17-20H2,1-3H3,(H,34,40). The first kappa shape index (κ1) is 28.5. The van der Waals surface area contributed by atoms with Gasteiger partial charge in [-0.05, 0) is 61.9 Å². The van der Waals surface area contributed by atoms with Crippen LogP contribution in [0, 0.1) is 6.92 Å². The first-order chi connectivity index (χ1) is 20.4. The van der Waals surface area contributed by atoms with Crippen LogP contribution in [0.5, 0.6) is 5.75 Å². The van der Waals surface area contributed by atoms with Crippen LogP contribution in [-0.2, 0) is 4.74 Å². The first-order valence-corrected chi connectivity index (χ1v) is 13.9. The number of anilines is 1. The minimum Gasteiger partial charge on any atom is -0.497 e. The molecule has 1 aromatic heterocycles. The van der Waals surface area contributed by atoms with Crippen molar-refractivity contribution in [2.45, 2.75) is 13.8 Å². The molecule has 9 heteroatoms. The average molecular weight is 567 g/mol. The minimum atomic E-state index is -0.402. The number of carbonyl (C=O) groups is 3. The SMILES string of the molecule is CCOC(=O)c1ccc(NC(=O)N2CCN(C(=O)c3cc(-c4ccccc4)n(-c4cccc(OC)c4)c3C)CC2)cc1. The lowest BCUT2D eigenvalue weighted by Gasteiger charge is -2.34. The van der Waals surface area contributed by atoms with Crippen LogP contribution in [-0.4, -0.2) is 72.2 Å². The third-order valence-corrected chi connectivity index (χ3v) is 7.36. The van der Waals surface area contributed by atoms with Gasteiger partial charge in [0.2, 0.25) is 0 Å². The van der Waals surface area contributed by atoms with Crippen LogP contribution in [0.15, 0.2) is 84.9 Å². The zero-order chi connectivity index (χ0) is 29.6. The van der Waals surface area contributed by atoms with Gasteiger partial charge < -0.3 is 29.2 Å². The average Bonchev–Trinajstić information content (AvgIpc) is 3.38. The molecule has 1 fully saturated rings. The summed E-state index contributed by atoms with van der Waals surface area (Å²) in [6.45, 7) is 5.64. The summed E-state index contributed by atoms with van der Waals surface area (Å²) in [6.07, 6.45) is 0. The van der Waals surface area contributed by atoms with E-state index in [0.29, 0.717) is 49.6 Å². The molecule has 0 aliphatic carbocycles. The number of esters is 1. The van der Waals surface area contributed by atoms with Gasteiger partial charge in [-0.1, -0.05) is 36.4 Å². The van der Waals surface area contributed by atoms with Crippen molar-refractivity contribution in [2.24, 2.45) is 0 Å². The number of methoxy groups -OCH3 is 1. The number of piperazine rings is 1. The molecule has 2 heterocycles. The number of ether oxygens (including phenoxy) is 2. The van der Waals surface area contributed by atoms with Crippen molar-refractivity contribution < 1.29 is 23.9 Å². The Bertz CT molecular complexity index is 1570. The minimum absolute atomic E-state index is 0.0686. The predicted molar refractivity (Wildman–Crippen MR) is 161 cm³/mol. The van der Waals surface area contributed by atoms with E-state index in [9.17, 15) is 14.4 Å². The third-order valence-electron chi connectivity index (χ3n) is 7.36. The van der Waals surface area contributed by atoms with Gasteiger partial charge >= 0.3 is 12.0 Å². The maximum absolute atomic E-state index is 13.8. The number of urea groups is 1. The summed E-state index contributed by atoms with van der Waals surface area (Å²) in [5.41, 5.74) is 5.27. The molecule has 3 aromatic carbocycles. The molecule has 0 atom stereocenters. The van der Waals surface area contributed by atoms with Crippen molar-refractivity contribution in [2.75, 3.05) is 45.2 Å². The van der Waals surface area contributed by atoms with Gasteiger partial charge in [0.25, 0.3) is 5.91 Å². The van der Waals surface area contributed by atoms with Gasteiger partial charge in [0.15, 0.2) is 0 Å². The van der Waals surface area contributed by atoms with E-state index >= 15 is 0 Å². The van der Waals surface area contributed by atoms with Crippen LogP contribution in [0.25, 0.3) is 16.9 Å². The van der Waals surface area contributed by atoms with Crippen LogP contribution >= 0.6 is 0 Å². The Kier molecular flexibility index (Phi) is 8.57. The number of nitrogens with one attached hydrogen (secondary N) is 1. The molecule has 0 radical (unpaired) electrons. The molecule has 0 unspecified atom stereocenters. The highest BCUT2D eigenvalue weighted by Gasteiger charge is 2.28. The maximum atomic E-state index is 13.8. The van der Waals surface area contributed by atoms with Crippen LogP contribution < -0.4 is 10.1 Å². The van der Waals surface area contributed by atoms with Crippen LogP contribution in [0.4, 0.5) is 10.5 Å². The van der Waals surface area contributed by atoms with Crippen LogP contribution in [0.2, 0.25) is 0 Å². The fraction of sp³-hybridized carbons (Fsp3) is 0.242. The number of aromatic nitrogens is 1. The van der Waals surface area contributed by atoms with E-state index in [0.717, 1.165) is 28.4 Å². The predicted octanol–water partition coefficient (Wildman–Crippen LogP) is 5.63. The van der Waals surface area contributed by atoms with Crippen molar-refractivity contribution in [3.8, 4) is 22.7 Å². The summed E-state index contributed by atoms with van der Waals surface area (Å²) < 4.78 is 12.5. The molecule has 3 amide bonds. The molecule has 5 rings (SSSR count). The Morgan fingerprint density at radius 2 is 1.52 bits per heavy atom. The molecular formula is C33H34N4O5. The molecule has 0 spiro atoms. The van der Waals surface area contributed by atoms with E-state index in [1.54, 1.807) is 48.1 Å². The largest absolute Gasteiger partial charge is 0.497 e. The Morgan fingerprint density at radius 1 is 0.833 bits per heavy atom. The molecule has 1 aliphatic rings. The van der Waals surface area contributed by atoms with Gasteiger partial charge in [-0.25, -0.2) is 9.59 Å². The number of rotatable bonds is 7. The number of hydrogen-bond donors (Lipinski definition) is 1. The van der Waals surface area contributed by atoms with Crippen LogP contribution in [0.3, 0.4) is 0 Å². The molecule has 0 bridgehead atoms. The lowest BCUT2D eigenvalue weighted by atomic mass is 10.1. The molecule has 1 aliphatic heterocycles. The highest BCUT2D eigenvalue weighted by molar-refractivity contribution is 5.98. The first-order valence-electron chi connectivity index (χ1n) is 13.9. The normalized spacial score (nSPS) is 13.0. The maximum Gasteiger partial charge on any atom is 0.338 e. The van der Waals surface area contributed by atoms with Crippen molar-refractivity contribution in [3.63, 3.8) is 0 Å². The zero-order valence-corrected chi connectivity index (χ0v) is 24.0. The van der Waals surface area contributed by atoms with E-state index in [-0.39, 0.29) is 11.9 Å². The van der Waals surface area contributed by atoms with Gasteiger partial charge in [-0.15, -0.1) is 0 Å². The van der Waals surface area contributed by atoms with E-state index < -0.39 is 5.97 Å². The summed E-state index contributed by atoms with van der Waals surface area (Å²) in [5.74, 6) is 0.263. The van der Waals surface area contributed by atoms with Gasteiger partial charge in [0.1, 0.15) is 5.75 Å². The second kappa shape index (κ2) is 12.6. The smallest absolute Gasteiger partial charge is 0.338 e. The molecule has 1 N–H and O–H groups in total. The summed E-state index contributed by atoms with van der Waals surface area (Å²) in [5, 5.41) is 2.87. The number of carbonyl (C=O) groups excluding carboxylic acids is 3. The topological polar surface area (TPSA) is 93.1 Å². The number of benzene rings is 3. The quantitative estimate of drug-likeness (QED) is 0.293. The molecule has 1 saturated heterocycles. The highest BCUT2D eigenvalue weighted by Crippen LogP contribution is 2.31. The summed E-state index contributed by atoms with van der Waals surface area (Å²) in [6, 6.07) is 26.0. The molecule has 9 nitrogen and oxygen atoms in total. The van der Waals surface area contributed by atoms with Crippen molar-refractivity contribution in [3.05, 3.63) is 102 Å². The fourth-order valence-electron chi connectivity index (χ4n) is 5.12. The number of nitrogens with zero attached hydrogens (tertiary/aromatic N) is 3. The highest BCUT2D eigenvalue weighted by atomic mass is 16.5. The van der Waals surface area contributed by atoms with Crippen molar-refractivity contribution in [1.29, 1.82) is 0 Å². The summed E-state index contributed by atoms with van der Waals surface area (Å²) in [7, 11) is 1.64. The van der Waals surface area contributed by atoms with E-state index in [1.807, 2.05) is 67.6 Å².